The highest BCUT2D eigenvalue weighted by Crippen LogP contribution is 2.47. The lowest BCUT2D eigenvalue weighted by atomic mass is 9.67. The zero-order valence-corrected chi connectivity index (χ0v) is 22.1. The van der Waals surface area contributed by atoms with Crippen LogP contribution < -0.4 is 5.32 Å². The van der Waals surface area contributed by atoms with E-state index in [-0.39, 0.29) is 17.1 Å². The van der Waals surface area contributed by atoms with Crippen molar-refractivity contribution in [2.75, 3.05) is 44.6 Å². The van der Waals surface area contributed by atoms with Crippen molar-refractivity contribution in [3.05, 3.63) is 65.1 Å². The molecule has 3 aliphatic rings. The number of hydrogen-bond donors (Lipinski definition) is 4. The number of carbonyl (C=O) groups is 1. The Morgan fingerprint density at radius 2 is 1.92 bits per heavy atom. The first-order valence-electron chi connectivity index (χ1n) is 13.7. The fourth-order valence-electron chi connectivity index (χ4n) is 6.91. The summed E-state index contributed by atoms with van der Waals surface area (Å²) in [5.41, 5.74) is 3.93. The smallest absolute Gasteiger partial charge is 0.270 e. The predicted octanol–water partition coefficient (Wildman–Crippen LogP) is 3.65. The van der Waals surface area contributed by atoms with Gasteiger partial charge in [0.15, 0.2) is 0 Å². The first-order valence-corrected chi connectivity index (χ1v) is 13.7. The van der Waals surface area contributed by atoms with E-state index < -0.39 is 11.7 Å². The van der Waals surface area contributed by atoms with E-state index in [9.17, 15) is 19.4 Å². The number of carbonyl (C=O) groups excluding carboxylic acids is 1. The number of benzene rings is 2. The number of β-amino-alcohol motifs (C(OH)–C–C–N with tert-alkyl or cyclic N) is 1. The van der Waals surface area contributed by atoms with E-state index in [1.54, 1.807) is 17.0 Å². The van der Waals surface area contributed by atoms with E-state index in [2.05, 4.69) is 47.2 Å². The fraction of sp³-hybridized carbons (Fsp3) is 0.500. The van der Waals surface area contributed by atoms with Crippen LogP contribution in [0.25, 0.3) is 10.9 Å². The summed E-state index contributed by atoms with van der Waals surface area (Å²) in [5, 5.41) is 26.7. The maximum atomic E-state index is 13.5. The molecule has 6 rings (SSSR count). The second-order valence-corrected chi connectivity index (χ2v) is 11.8. The number of aromatic amines is 1. The lowest BCUT2D eigenvalue weighted by Crippen LogP contribution is -2.58. The zero-order valence-electron chi connectivity index (χ0n) is 22.1. The molecule has 3 aromatic rings. The number of H-pyrrole nitrogens is 1. The van der Waals surface area contributed by atoms with Crippen LogP contribution in [0.15, 0.2) is 42.5 Å². The van der Waals surface area contributed by atoms with Crippen molar-refractivity contribution in [1.29, 1.82) is 0 Å². The molecule has 0 radical (unpaired) electrons. The van der Waals surface area contributed by atoms with Gasteiger partial charge < -0.3 is 30.3 Å². The van der Waals surface area contributed by atoms with Crippen molar-refractivity contribution in [2.45, 2.75) is 50.2 Å². The lowest BCUT2D eigenvalue weighted by molar-refractivity contribution is -0.116. The van der Waals surface area contributed by atoms with Gasteiger partial charge >= 0.3 is 0 Å². The van der Waals surface area contributed by atoms with E-state index in [0.717, 1.165) is 26.1 Å². The molecule has 8 heteroatoms. The van der Waals surface area contributed by atoms with Crippen LogP contribution in [0, 0.1) is 18.7 Å². The molecule has 0 saturated carbocycles. The van der Waals surface area contributed by atoms with Crippen molar-refractivity contribution in [3.63, 3.8) is 0 Å². The molecular formula is C30H37FN4O3. The molecule has 4 N–H and O–H groups in total. The Kier molecular flexibility index (Phi) is 6.24. The zero-order chi connectivity index (χ0) is 26.7. The van der Waals surface area contributed by atoms with Gasteiger partial charge in [0.1, 0.15) is 11.5 Å². The van der Waals surface area contributed by atoms with Crippen molar-refractivity contribution in [1.82, 2.24) is 14.8 Å². The molecule has 1 spiro atoms. The molecule has 2 fully saturated rings. The highest BCUT2D eigenvalue weighted by atomic mass is 19.1. The van der Waals surface area contributed by atoms with Crippen LogP contribution in [0.4, 0.5) is 10.1 Å². The molecule has 0 aliphatic carbocycles. The quantitative estimate of drug-likeness (QED) is 0.422. The summed E-state index contributed by atoms with van der Waals surface area (Å²) in [4.78, 5) is 20.1. The molecule has 202 valence electrons. The van der Waals surface area contributed by atoms with Crippen LogP contribution in [0.1, 0.15) is 47.8 Å². The predicted molar refractivity (Wildman–Crippen MR) is 146 cm³/mol. The number of fused-ring (bicyclic) bond motifs is 3. The Balaban J connectivity index is 1.06. The molecule has 1 amide bonds. The van der Waals surface area contributed by atoms with Gasteiger partial charge in [0, 0.05) is 54.7 Å². The number of nitrogens with one attached hydrogen (secondary N) is 2. The molecule has 2 aromatic carbocycles. The van der Waals surface area contributed by atoms with Gasteiger partial charge in [0.25, 0.3) is 5.91 Å². The van der Waals surface area contributed by atoms with Crippen LogP contribution in [-0.2, 0) is 5.41 Å². The Morgan fingerprint density at radius 1 is 1.13 bits per heavy atom. The molecule has 3 atom stereocenters. The van der Waals surface area contributed by atoms with Crippen LogP contribution in [0.2, 0.25) is 0 Å². The first-order chi connectivity index (χ1) is 18.2. The summed E-state index contributed by atoms with van der Waals surface area (Å²) in [6.07, 6.45) is 0.769. The average Bonchev–Trinajstić information content (AvgIpc) is 3.48. The Morgan fingerprint density at radius 3 is 2.68 bits per heavy atom. The van der Waals surface area contributed by atoms with Gasteiger partial charge in [-0.05, 0) is 80.1 Å². The number of hydrogen-bond acceptors (Lipinski definition) is 5. The molecule has 7 nitrogen and oxygen atoms in total. The number of aliphatic hydroxyl groups is 2. The monoisotopic (exact) mass is 520 g/mol. The second kappa shape index (κ2) is 9.36. The van der Waals surface area contributed by atoms with Gasteiger partial charge in [-0.2, -0.15) is 0 Å². The van der Waals surface area contributed by atoms with Gasteiger partial charge in [-0.15, -0.1) is 0 Å². The van der Waals surface area contributed by atoms with Gasteiger partial charge in [-0.1, -0.05) is 19.1 Å². The molecule has 0 bridgehead atoms. The lowest BCUT2D eigenvalue weighted by Gasteiger charge is -2.47. The standard InChI is InChI=1S/C30H37FN4O3/c1-19-3-5-23-25(13-19)32-18-29(23)7-10-34(16-20(29)2)17-27(36)30(38)8-11-35(12-9-30)28(37)26-15-21-14-22(31)4-6-24(21)33-26/h3-6,13-15,20,27,32-33,36,38H,7-12,16-18H2,1-2H3/t20-,27-,29+/m1/s1. The number of aromatic nitrogens is 1. The molecule has 4 heterocycles. The van der Waals surface area contributed by atoms with E-state index in [1.165, 1.54) is 28.9 Å². The maximum absolute atomic E-state index is 13.5. The first kappa shape index (κ1) is 25.3. The SMILES string of the molecule is Cc1ccc2c(c1)NC[C@]21CCN(C[C@@H](O)C2(O)CCN(C(=O)c3cc4cc(F)ccc4[nH]3)CC2)C[C@H]1C. The molecule has 3 aliphatic heterocycles. The number of halogens is 1. The minimum Gasteiger partial charge on any atom is -0.389 e. The van der Waals surface area contributed by atoms with Crippen LogP contribution in [0.5, 0.6) is 0 Å². The van der Waals surface area contributed by atoms with Gasteiger partial charge in [-0.3, -0.25) is 4.79 Å². The fourth-order valence-corrected chi connectivity index (χ4v) is 6.91. The summed E-state index contributed by atoms with van der Waals surface area (Å²) >= 11 is 0. The molecule has 0 unspecified atom stereocenters. The van der Waals surface area contributed by atoms with E-state index >= 15 is 0 Å². The topological polar surface area (TPSA) is 91.8 Å². The average molecular weight is 521 g/mol. The van der Waals surface area contributed by atoms with Crippen molar-refractivity contribution >= 4 is 22.5 Å². The third-order valence-electron chi connectivity index (χ3n) is 9.44. The Bertz CT molecular complexity index is 1360. The van der Waals surface area contributed by atoms with Crippen LogP contribution in [-0.4, -0.2) is 81.9 Å². The number of amides is 1. The molecular weight excluding hydrogens is 483 g/mol. The van der Waals surface area contributed by atoms with Crippen molar-refractivity contribution in [2.24, 2.45) is 5.92 Å². The van der Waals surface area contributed by atoms with Crippen molar-refractivity contribution < 1.29 is 19.4 Å². The van der Waals surface area contributed by atoms with E-state index in [1.807, 2.05) is 0 Å². The number of aliphatic hydroxyl groups excluding tert-OH is 1. The maximum Gasteiger partial charge on any atom is 0.270 e. The second-order valence-electron chi connectivity index (χ2n) is 11.8. The largest absolute Gasteiger partial charge is 0.389 e. The number of anilines is 1. The third kappa shape index (κ3) is 4.28. The highest BCUT2D eigenvalue weighted by molar-refractivity contribution is 5.98. The minimum absolute atomic E-state index is 0.113. The highest BCUT2D eigenvalue weighted by Gasteiger charge is 2.47. The van der Waals surface area contributed by atoms with Gasteiger partial charge in [-0.25, -0.2) is 4.39 Å². The molecule has 1 aromatic heterocycles. The number of likely N-dealkylation sites (tertiary alicyclic amines) is 2. The Labute approximate surface area is 222 Å². The summed E-state index contributed by atoms with van der Waals surface area (Å²) in [6, 6.07) is 12.8. The third-order valence-corrected chi connectivity index (χ3v) is 9.44. The normalized spacial score (nSPS) is 25.9. The summed E-state index contributed by atoms with van der Waals surface area (Å²) in [5.74, 6) is -0.0987. The summed E-state index contributed by atoms with van der Waals surface area (Å²) < 4.78 is 13.5. The van der Waals surface area contributed by atoms with Crippen LogP contribution >= 0.6 is 0 Å². The number of aryl methyl sites for hydroxylation is 1. The Hall–Kier alpha value is -2.94. The van der Waals surface area contributed by atoms with Crippen LogP contribution in [0.3, 0.4) is 0 Å². The minimum atomic E-state index is -1.22. The summed E-state index contributed by atoms with van der Waals surface area (Å²) in [6.45, 7) is 8.25. The van der Waals surface area contributed by atoms with Crippen molar-refractivity contribution in [3.8, 4) is 0 Å². The number of nitrogens with zero attached hydrogens (tertiary/aromatic N) is 2. The van der Waals surface area contributed by atoms with Gasteiger partial charge in [0.2, 0.25) is 0 Å². The van der Waals surface area contributed by atoms with Gasteiger partial charge in [0.05, 0.1) is 11.7 Å². The molecule has 2 saturated heterocycles. The van der Waals surface area contributed by atoms with E-state index in [0.29, 0.717) is 55.0 Å². The molecule has 38 heavy (non-hydrogen) atoms. The summed E-state index contributed by atoms with van der Waals surface area (Å²) in [7, 11) is 0. The number of piperidine rings is 2. The van der Waals surface area contributed by atoms with E-state index in [4.69, 9.17) is 0 Å². The number of rotatable bonds is 4.